The fourth-order valence-electron chi connectivity index (χ4n) is 3.45. The van der Waals surface area contributed by atoms with Gasteiger partial charge in [-0.3, -0.25) is 0 Å². The highest BCUT2D eigenvalue weighted by Gasteiger charge is 2.42. The van der Waals surface area contributed by atoms with Crippen LogP contribution in [0.4, 0.5) is 0 Å². The zero-order valence-electron chi connectivity index (χ0n) is 21.9. The fraction of sp³-hybridized carbons (Fsp3) is 1.00. The van der Waals surface area contributed by atoms with Crippen LogP contribution in [-0.4, -0.2) is 45.5 Å². The minimum Gasteiger partial charge on any atom is -0.171 e. The Morgan fingerprint density at radius 1 is 0.469 bits per heavy atom. The van der Waals surface area contributed by atoms with E-state index in [2.05, 4.69) is 141 Å². The molecule has 0 aliphatic rings. The van der Waals surface area contributed by atoms with E-state index in [9.17, 15) is 0 Å². The van der Waals surface area contributed by atoms with Gasteiger partial charge in [0.2, 0.25) is 0 Å². The van der Waals surface area contributed by atoms with Gasteiger partial charge in [0, 0.05) is 9.75 Å². The summed E-state index contributed by atoms with van der Waals surface area (Å²) < 4.78 is 0. The van der Waals surface area contributed by atoms with Crippen LogP contribution in [0, 0.1) is 0 Å². The third-order valence-electron chi connectivity index (χ3n) is 5.25. The van der Waals surface area contributed by atoms with E-state index in [0.29, 0.717) is 0 Å². The molecule has 32 heavy (non-hydrogen) atoms. The molecule has 0 aromatic heterocycles. The lowest BCUT2D eigenvalue weighted by Crippen LogP contribution is -2.39. The van der Waals surface area contributed by atoms with E-state index in [1.807, 2.05) is 0 Å². The zero-order valence-corrected chi connectivity index (χ0v) is 30.4. The van der Waals surface area contributed by atoms with Crippen LogP contribution in [0.3, 0.4) is 0 Å². The lowest BCUT2D eigenvalue weighted by Gasteiger charge is -2.37. The molecule has 0 fully saturated rings. The summed E-state index contributed by atoms with van der Waals surface area (Å²) in [6, 6.07) is 2.83. The van der Waals surface area contributed by atoms with Gasteiger partial charge in [-0.15, -0.1) is 0 Å². The van der Waals surface area contributed by atoms with Crippen LogP contribution >= 0.6 is 86.1 Å². The molecule has 0 saturated heterocycles. The molecule has 2 unspecified atom stereocenters. The monoisotopic (exact) mass is 626 g/mol. The van der Waals surface area contributed by atoms with E-state index < -0.39 is 12.7 Å². The Labute approximate surface area is 235 Å². The Bertz CT molecular complexity index is 377. The van der Waals surface area contributed by atoms with Crippen molar-refractivity contribution in [1.29, 1.82) is 0 Å². The highest BCUT2D eigenvalue weighted by molar-refractivity contribution is 9.26. The van der Waals surface area contributed by atoms with Crippen LogP contribution in [-0.2, 0) is 0 Å². The molecule has 2 atom stereocenters. The van der Waals surface area contributed by atoms with Crippen molar-refractivity contribution in [3.63, 3.8) is 0 Å². The highest BCUT2D eigenvalue weighted by atomic mass is 33.7. The van der Waals surface area contributed by atoms with Gasteiger partial charge in [-0.05, 0) is 93.3 Å². The molecule has 0 amide bonds. The Morgan fingerprint density at radius 3 is 0.938 bits per heavy atom. The molecule has 0 aromatic rings. The predicted molar refractivity (Wildman–Crippen MR) is 182 cm³/mol. The summed E-state index contributed by atoms with van der Waals surface area (Å²) in [6.45, 7) is 19.3. The van der Waals surface area contributed by atoms with Crippen molar-refractivity contribution in [3.05, 3.63) is 0 Å². The first-order chi connectivity index (χ1) is 15.5. The third-order valence-corrected chi connectivity index (χ3v) is 46.6. The van der Waals surface area contributed by atoms with Gasteiger partial charge in [0.15, 0.2) is 12.7 Å². The third kappa shape index (κ3) is 12.7. The molecule has 0 spiro atoms. The summed E-state index contributed by atoms with van der Waals surface area (Å²) in [4.78, 5) is 1.71. The largest absolute Gasteiger partial charge is 0.189 e. The minimum absolute atomic E-state index is 0.857. The smallest absolute Gasteiger partial charge is 0.171 e. The van der Waals surface area contributed by atoms with E-state index in [-0.39, 0.29) is 0 Å². The van der Waals surface area contributed by atoms with Gasteiger partial charge in [0.05, 0.1) is 0 Å². The Kier molecular flexibility index (Phi) is 24.5. The molecule has 0 N–H and O–H groups in total. The van der Waals surface area contributed by atoms with E-state index >= 15 is 0 Å². The molecule has 10 heteroatoms. The van der Waals surface area contributed by atoms with Crippen molar-refractivity contribution in [3.8, 4) is 0 Å². The van der Waals surface area contributed by atoms with Gasteiger partial charge in [-0.2, -0.15) is 44.8 Å². The molecule has 0 saturated carbocycles. The summed E-state index contributed by atoms with van der Waals surface area (Å²) >= 11 is 9.55. The molecule has 0 rings (SSSR count). The summed E-state index contributed by atoms with van der Waals surface area (Å²) in [5, 5.41) is 0. The van der Waals surface area contributed by atoms with Crippen LogP contribution < -0.4 is 0 Å². The van der Waals surface area contributed by atoms with Crippen molar-refractivity contribution in [2.24, 2.45) is 0 Å². The van der Waals surface area contributed by atoms with Crippen molar-refractivity contribution in [2.75, 3.05) is 23.0 Å². The van der Waals surface area contributed by atoms with Gasteiger partial charge in [-0.1, -0.05) is 77.0 Å². The standard InChI is InChI=1S/C22H50S8Si2/c1-9-17-23-31(15-7,24-18-10-2)21(13-5)27-29-30-28-22(14-6)32(16-8,25-19-11-3)26-20-12-4/h21-22H,9-20H2,1-8H3. The topological polar surface area (TPSA) is 0 Å². The van der Waals surface area contributed by atoms with Gasteiger partial charge in [0.25, 0.3) is 0 Å². The average molecular weight is 627 g/mol. The summed E-state index contributed by atoms with van der Waals surface area (Å²) in [5.74, 6) is 5.41. The SMILES string of the molecule is CCCS[Si](CC)(SCCC)C(CC)SSSSC(CC)[Si](CC)(SCCC)SCCC. The number of hydrogen-bond acceptors (Lipinski definition) is 8. The molecule has 0 heterocycles. The Hall–Kier alpha value is 3.23. The van der Waals surface area contributed by atoms with Crippen LogP contribution in [0.1, 0.15) is 93.9 Å². The summed E-state index contributed by atoms with van der Waals surface area (Å²) in [5.41, 5.74) is 0. The van der Waals surface area contributed by atoms with Crippen molar-refractivity contribution in [1.82, 2.24) is 0 Å². The molecule has 194 valence electrons. The van der Waals surface area contributed by atoms with Crippen LogP contribution in [0.2, 0.25) is 12.1 Å². The van der Waals surface area contributed by atoms with E-state index in [1.165, 1.54) is 73.6 Å². The normalized spacial score (nSPS) is 14.6. The van der Waals surface area contributed by atoms with Gasteiger partial charge < -0.3 is 0 Å². The summed E-state index contributed by atoms with van der Waals surface area (Å²) in [6.07, 6.45) is 5.23. The van der Waals surface area contributed by atoms with Crippen LogP contribution in [0.25, 0.3) is 0 Å². The highest BCUT2D eigenvalue weighted by Crippen LogP contribution is 2.56. The van der Waals surface area contributed by atoms with Crippen molar-refractivity contribution < 1.29 is 0 Å². The Balaban J connectivity index is 5.11. The van der Waals surface area contributed by atoms with Gasteiger partial charge in [0.1, 0.15) is 0 Å². The van der Waals surface area contributed by atoms with Crippen molar-refractivity contribution in [2.45, 2.75) is 116 Å². The molecular formula is C22H50S8Si2. The van der Waals surface area contributed by atoms with E-state index in [4.69, 9.17) is 0 Å². The molecule has 0 radical (unpaired) electrons. The second kappa shape index (κ2) is 22.2. The fourth-order valence-corrected chi connectivity index (χ4v) is 47.6. The average Bonchev–Trinajstić information content (AvgIpc) is 2.83. The van der Waals surface area contributed by atoms with E-state index in [0.717, 1.165) is 9.75 Å². The lowest BCUT2D eigenvalue weighted by molar-refractivity contribution is 1.02. The maximum atomic E-state index is 2.48. The Morgan fingerprint density at radius 2 is 0.750 bits per heavy atom. The minimum atomic E-state index is -1.35. The number of rotatable bonds is 23. The maximum absolute atomic E-state index is 2.48. The second-order valence-electron chi connectivity index (χ2n) is 7.85. The van der Waals surface area contributed by atoms with Crippen LogP contribution in [0.5, 0.6) is 0 Å². The van der Waals surface area contributed by atoms with E-state index in [1.54, 1.807) is 0 Å². The number of hydrogen-bond donors (Lipinski definition) is 0. The second-order valence-corrected chi connectivity index (χ2v) is 37.5. The summed E-state index contributed by atoms with van der Waals surface area (Å²) in [7, 11) is 8.72. The van der Waals surface area contributed by atoms with Crippen LogP contribution in [0.15, 0.2) is 0 Å². The molecule has 0 nitrogen and oxygen atoms in total. The first kappa shape index (κ1) is 35.2. The van der Waals surface area contributed by atoms with Gasteiger partial charge >= 0.3 is 0 Å². The zero-order chi connectivity index (χ0) is 24.3. The first-order valence-electron chi connectivity index (χ1n) is 12.7. The molecule has 0 aliphatic carbocycles. The molecule has 0 aliphatic heterocycles. The van der Waals surface area contributed by atoms with Gasteiger partial charge in [-0.25, -0.2) is 0 Å². The quantitative estimate of drug-likeness (QED) is 0.0616. The predicted octanol–water partition coefficient (Wildman–Crippen LogP) is 11.8. The van der Waals surface area contributed by atoms with Crippen molar-refractivity contribution >= 4 is 98.8 Å². The molecular weight excluding hydrogens is 577 g/mol. The molecule has 0 bridgehead atoms. The maximum Gasteiger partial charge on any atom is 0.189 e. The first-order valence-corrected chi connectivity index (χ1v) is 29.1. The lowest BCUT2D eigenvalue weighted by atomic mass is 10.6. The molecule has 0 aromatic carbocycles.